The highest BCUT2D eigenvalue weighted by atomic mass is 16.4. The Morgan fingerprint density at radius 1 is 0.861 bits per heavy atom. The number of carboxylic acids is 1. The van der Waals surface area contributed by atoms with Crippen molar-refractivity contribution in [3.05, 3.63) is 36.4 Å². The summed E-state index contributed by atoms with van der Waals surface area (Å²) in [4.78, 5) is 63.1. The van der Waals surface area contributed by atoms with Crippen LogP contribution in [0.2, 0.25) is 0 Å². The van der Waals surface area contributed by atoms with E-state index in [1.165, 1.54) is 25.0 Å². The second kappa shape index (κ2) is 14.6. The predicted molar refractivity (Wildman–Crippen MR) is 126 cm³/mol. The lowest BCUT2D eigenvalue weighted by atomic mass is 10.1. The van der Waals surface area contributed by atoms with Gasteiger partial charge in [0.05, 0.1) is 25.3 Å². The van der Waals surface area contributed by atoms with Gasteiger partial charge < -0.3 is 47.6 Å². The Hall–Kier alpha value is -3.82. The number of carbonyl (C=O) groups is 4. The summed E-state index contributed by atoms with van der Waals surface area (Å²) >= 11 is 0. The van der Waals surface area contributed by atoms with Gasteiger partial charge in [-0.3, -0.25) is 14.4 Å². The minimum absolute atomic E-state index is 0.0435. The third-order valence-corrected chi connectivity index (χ3v) is 5.32. The van der Waals surface area contributed by atoms with Gasteiger partial charge in [-0.25, -0.2) is 14.8 Å². The number of unbranched alkanes of at least 4 members (excludes halogenated alkanes) is 1. The summed E-state index contributed by atoms with van der Waals surface area (Å²) in [7, 11) is 0. The van der Waals surface area contributed by atoms with Gasteiger partial charge in [0.1, 0.15) is 18.1 Å². The summed E-state index contributed by atoms with van der Waals surface area (Å²) in [5, 5.41) is 26.4. The van der Waals surface area contributed by atoms with Gasteiger partial charge in [-0.1, -0.05) is 0 Å². The number of imidazole rings is 2. The topological polar surface area (TPSA) is 254 Å². The van der Waals surface area contributed by atoms with Crippen LogP contribution in [0, 0.1) is 0 Å². The van der Waals surface area contributed by atoms with Crippen LogP contribution in [-0.4, -0.2) is 91.2 Å². The first-order chi connectivity index (χ1) is 17.2. The van der Waals surface area contributed by atoms with Gasteiger partial charge in [0, 0.05) is 36.6 Å². The molecule has 198 valence electrons. The van der Waals surface area contributed by atoms with Gasteiger partial charge in [0.2, 0.25) is 17.7 Å². The molecule has 15 heteroatoms. The molecular formula is C21H33N9O6. The van der Waals surface area contributed by atoms with Crippen molar-refractivity contribution in [2.24, 2.45) is 11.5 Å². The lowest BCUT2D eigenvalue weighted by Crippen LogP contribution is -2.58. The Kier molecular flexibility index (Phi) is 11.5. The Labute approximate surface area is 206 Å². The fourth-order valence-electron chi connectivity index (χ4n) is 3.32. The fourth-order valence-corrected chi connectivity index (χ4v) is 3.32. The van der Waals surface area contributed by atoms with Crippen LogP contribution in [0.25, 0.3) is 0 Å². The molecule has 3 amide bonds. The lowest BCUT2D eigenvalue weighted by Gasteiger charge is -2.24. The molecule has 0 spiro atoms. The summed E-state index contributed by atoms with van der Waals surface area (Å²) < 4.78 is 0. The van der Waals surface area contributed by atoms with E-state index in [2.05, 4.69) is 35.9 Å². The first-order valence-electron chi connectivity index (χ1n) is 11.4. The lowest BCUT2D eigenvalue weighted by molar-refractivity contribution is -0.142. The molecule has 2 aromatic rings. The van der Waals surface area contributed by atoms with Crippen LogP contribution in [0.3, 0.4) is 0 Å². The number of aromatic amines is 2. The number of H-pyrrole nitrogens is 2. The number of aliphatic carboxylic acids is 1. The SMILES string of the molecule is NCCCCC(NC(=O)C(Cc1cnc[nH]1)NC(=O)C(CO)NC(=O)C(N)Cc1cnc[nH]1)C(=O)O. The number of amides is 3. The van der Waals surface area contributed by atoms with Crippen LogP contribution < -0.4 is 27.4 Å². The van der Waals surface area contributed by atoms with Gasteiger partial charge >= 0.3 is 5.97 Å². The second-order valence-electron chi connectivity index (χ2n) is 8.16. The van der Waals surface area contributed by atoms with E-state index in [9.17, 15) is 29.4 Å². The molecule has 0 radical (unpaired) electrons. The van der Waals surface area contributed by atoms with Gasteiger partial charge in [0.15, 0.2) is 0 Å². The van der Waals surface area contributed by atoms with E-state index in [0.29, 0.717) is 30.8 Å². The highest BCUT2D eigenvalue weighted by Gasteiger charge is 2.30. The van der Waals surface area contributed by atoms with E-state index in [1.807, 2.05) is 0 Å². The normalized spacial score (nSPS) is 14.3. The third-order valence-electron chi connectivity index (χ3n) is 5.32. The molecule has 0 aliphatic carbocycles. The molecule has 2 rings (SSSR count). The summed E-state index contributed by atoms with van der Waals surface area (Å²) in [6.07, 6.45) is 7.09. The molecule has 2 heterocycles. The van der Waals surface area contributed by atoms with E-state index in [0.717, 1.165) is 0 Å². The Morgan fingerprint density at radius 2 is 1.42 bits per heavy atom. The molecular weight excluding hydrogens is 474 g/mol. The number of hydrogen-bond acceptors (Lipinski definition) is 9. The minimum atomic E-state index is -1.40. The van der Waals surface area contributed by atoms with Crippen LogP contribution in [0.5, 0.6) is 0 Å². The van der Waals surface area contributed by atoms with Gasteiger partial charge in [0.25, 0.3) is 0 Å². The number of rotatable bonds is 16. The first-order valence-corrected chi connectivity index (χ1v) is 11.4. The van der Waals surface area contributed by atoms with Crippen molar-refractivity contribution in [2.45, 2.75) is 56.3 Å². The maximum Gasteiger partial charge on any atom is 0.326 e. The van der Waals surface area contributed by atoms with Crippen LogP contribution in [0.4, 0.5) is 0 Å². The summed E-state index contributed by atoms with van der Waals surface area (Å²) in [5.41, 5.74) is 12.4. The first kappa shape index (κ1) is 28.4. The summed E-state index contributed by atoms with van der Waals surface area (Å²) in [6, 6.07) is -4.83. The molecule has 0 bridgehead atoms. The molecule has 4 unspecified atom stereocenters. The average molecular weight is 508 g/mol. The third kappa shape index (κ3) is 9.09. The molecule has 4 atom stereocenters. The summed E-state index contributed by atoms with van der Waals surface area (Å²) in [5.74, 6) is -3.52. The van der Waals surface area contributed by atoms with E-state index in [4.69, 9.17) is 11.5 Å². The van der Waals surface area contributed by atoms with E-state index >= 15 is 0 Å². The van der Waals surface area contributed by atoms with E-state index in [-0.39, 0.29) is 19.3 Å². The van der Waals surface area contributed by atoms with Crippen molar-refractivity contribution in [1.82, 2.24) is 35.9 Å². The van der Waals surface area contributed by atoms with Crippen molar-refractivity contribution in [3.8, 4) is 0 Å². The second-order valence-corrected chi connectivity index (χ2v) is 8.16. The zero-order valence-corrected chi connectivity index (χ0v) is 19.6. The van der Waals surface area contributed by atoms with Gasteiger partial charge in [-0.05, 0) is 25.8 Å². The zero-order valence-electron chi connectivity index (χ0n) is 19.6. The standard InChI is InChI=1S/C21H33N9O6/c22-4-2-1-3-15(21(35)36)28-19(33)16(6-13-8-25-11-27-13)29-20(34)17(9-31)30-18(32)14(23)5-12-7-24-10-26-12/h7-8,10-11,14-17,31H,1-6,9,22-23H2,(H,24,26)(H,25,27)(H,28,33)(H,29,34)(H,30,32)(H,35,36). The number of carboxylic acid groups (broad SMARTS) is 1. The van der Waals surface area contributed by atoms with Crippen molar-refractivity contribution < 1.29 is 29.4 Å². The maximum absolute atomic E-state index is 12.9. The number of aliphatic hydroxyl groups is 1. The van der Waals surface area contributed by atoms with Crippen molar-refractivity contribution in [1.29, 1.82) is 0 Å². The smallest absolute Gasteiger partial charge is 0.326 e. The van der Waals surface area contributed by atoms with Crippen LogP contribution in [0.1, 0.15) is 30.7 Å². The van der Waals surface area contributed by atoms with E-state index < -0.39 is 54.5 Å². The monoisotopic (exact) mass is 507 g/mol. The van der Waals surface area contributed by atoms with Crippen molar-refractivity contribution in [2.75, 3.05) is 13.2 Å². The predicted octanol–water partition coefficient (Wildman–Crippen LogP) is -3.09. The minimum Gasteiger partial charge on any atom is -0.480 e. The number of nitrogens with one attached hydrogen (secondary N) is 5. The Balaban J connectivity index is 2.06. The molecule has 2 aromatic heterocycles. The fraction of sp³-hybridized carbons (Fsp3) is 0.524. The number of carbonyl (C=O) groups excluding carboxylic acids is 3. The maximum atomic E-state index is 12.9. The zero-order chi connectivity index (χ0) is 26.5. The molecule has 0 aliphatic heterocycles. The van der Waals surface area contributed by atoms with Crippen LogP contribution in [0.15, 0.2) is 25.0 Å². The molecule has 0 aromatic carbocycles. The van der Waals surface area contributed by atoms with Gasteiger partial charge in [-0.2, -0.15) is 0 Å². The molecule has 15 nitrogen and oxygen atoms in total. The average Bonchev–Trinajstić information content (AvgIpc) is 3.55. The molecule has 11 N–H and O–H groups in total. The quantitative estimate of drug-likeness (QED) is 0.103. The molecule has 0 fully saturated rings. The Bertz CT molecular complexity index is 967. The summed E-state index contributed by atoms with van der Waals surface area (Å²) in [6.45, 7) is -0.373. The molecule has 36 heavy (non-hydrogen) atoms. The highest BCUT2D eigenvalue weighted by molar-refractivity contribution is 5.94. The largest absolute Gasteiger partial charge is 0.480 e. The van der Waals surface area contributed by atoms with Crippen LogP contribution in [-0.2, 0) is 32.0 Å². The number of hydrogen-bond donors (Lipinski definition) is 9. The van der Waals surface area contributed by atoms with Gasteiger partial charge in [-0.15, -0.1) is 0 Å². The number of aliphatic hydroxyl groups excluding tert-OH is 1. The highest BCUT2D eigenvalue weighted by Crippen LogP contribution is 2.05. The molecule has 0 saturated carbocycles. The number of nitrogens with two attached hydrogens (primary N) is 2. The van der Waals surface area contributed by atoms with Crippen molar-refractivity contribution in [3.63, 3.8) is 0 Å². The Morgan fingerprint density at radius 3 is 1.94 bits per heavy atom. The van der Waals surface area contributed by atoms with Crippen molar-refractivity contribution >= 4 is 23.7 Å². The molecule has 0 aliphatic rings. The number of nitrogens with zero attached hydrogens (tertiary/aromatic N) is 2. The van der Waals surface area contributed by atoms with E-state index in [1.54, 1.807) is 0 Å². The molecule has 0 saturated heterocycles. The van der Waals surface area contributed by atoms with Crippen LogP contribution >= 0.6 is 0 Å². The number of aromatic nitrogens is 4.